The van der Waals surface area contributed by atoms with Gasteiger partial charge in [0.15, 0.2) is 5.65 Å². The Bertz CT molecular complexity index is 880. The van der Waals surface area contributed by atoms with Crippen LogP contribution in [-0.2, 0) is 15.1 Å². The number of carboxylic acid groups (broad SMARTS) is 1. The summed E-state index contributed by atoms with van der Waals surface area (Å²) in [5.74, 6) is -1.32. The highest BCUT2D eigenvalue weighted by atomic mass is 16.5. The molecule has 0 aliphatic carbocycles. The lowest BCUT2D eigenvalue weighted by Gasteiger charge is -2.22. The van der Waals surface area contributed by atoms with Crippen LogP contribution in [-0.4, -0.2) is 63.5 Å². The van der Waals surface area contributed by atoms with E-state index in [1.54, 1.807) is 6.07 Å². The van der Waals surface area contributed by atoms with E-state index < -0.39 is 12.5 Å². The molecule has 8 heteroatoms. The zero-order valence-corrected chi connectivity index (χ0v) is 17.7. The fourth-order valence-corrected chi connectivity index (χ4v) is 3.03. The van der Waals surface area contributed by atoms with E-state index in [0.29, 0.717) is 22.3 Å². The minimum Gasteiger partial charge on any atom is -0.480 e. The van der Waals surface area contributed by atoms with E-state index in [2.05, 4.69) is 5.10 Å². The smallest absolute Gasteiger partial charge is 0.323 e. The normalized spacial score (nSPS) is 12.0. The van der Waals surface area contributed by atoms with Gasteiger partial charge in [-0.15, -0.1) is 0 Å². The predicted octanol–water partition coefficient (Wildman–Crippen LogP) is 2.79. The lowest BCUT2D eigenvalue weighted by atomic mass is 10.0. The van der Waals surface area contributed by atoms with Crippen LogP contribution in [0.3, 0.4) is 0 Å². The van der Waals surface area contributed by atoms with E-state index in [9.17, 15) is 14.7 Å². The summed E-state index contributed by atoms with van der Waals surface area (Å²) < 4.78 is 6.88. The first-order valence-corrected chi connectivity index (χ1v) is 9.38. The Morgan fingerprint density at radius 1 is 1.32 bits per heavy atom. The zero-order valence-electron chi connectivity index (χ0n) is 17.7. The van der Waals surface area contributed by atoms with E-state index in [0.717, 1.165) is 5.69 Å². The Labute approximate surface area is 165 Å². The molecule has 0 spiro atoms. The molecule has 2 rings (SSSR count). The second kappa shape index (κ2) is 8.26. The van der Waals surface area contributed by atoms with Gasteiger partial charge in [-0.3, -0.25) is 9.59 Å². The number of aliphatic carboxylic acids is 1. The Morgan fingerprint density at radius 3 is 2.46 bits per heavy atom. The molecule has 0 saturated heterocycles. The van der Waals surface area contributed by atoms with Crippen molar-refractivity contribution in [3.05, 3.63) is 23.0 Å². The summed E-state index contributed by atoms with van der Waals surface area (Å²) in [4.78, 5) is 30.7. The highest BCUT2D eigenvalue weighted by Crippen LogP contribution is 2.29. The van der Waals surface area contributed by atoms with Gasteiger partial charge in [-0.25, -0.2) is 9.67 Å². The quantitative estimate of drug-likeness (QED) is 0.781. The molecule has 0 atom stereocenters. The van der Waals surface area contributed by atoms with E-state index in [-0.39, 0.29) is 30.5 Å². The van der Waals surface area contributed by atoms with Gasteiger partial charge in [0.2, 0.25) is 0 Å². The van der Waals surface area contributed by atoms with Crippen molar-refractivity contribution in [3.63, 3.8) is 0 Å². The van der Waals surface area contributed by atoms with Gasteiger partial charge in [0, 0.05) is 19.3 Å². The first-order valence-electron chi connectivity index (χ1n) is 9.38. The number of aromatic nitrogens is 3. The highest BCUT2D eigenvalue weighted by molar-refractivity contribution is 6.07. The average molecular weight is 390 g/mol. The number of carbonyl (C=O) groups is 2. The molecule has 0 unspecified atom stereocenters. The number of amides is 1. The minimum atomic E-state index is -1.07. The molecule has 0 bridgehead atoms. The van der Waals surface area contributed by atoms with E-state index in [4.69, 9.17) is 9.72 Å². The van der Waals surface area contributed by atoms with Gasteiger partial charge in [0.1, 0.15) is 6.54 Å². The third-order valence-electron chi connectivity index (χ3n) is 4.47. The molecule has 2 aromatic heterocycles. The number of methoxy groups -OCH3 is 1. The van der Waals surface area contributed by atoms with Crippen LogP contribution >= 0.6 is 0 Å². The second-order valence-corrected chi connectivity index (χ2v) is 8.23. The van der Waals surface area contributed by atoms with Crippen molar-refractivity contribution < 1.29 is 19.4 Å². The first-order chi connectivity index (χ1) is 13.0. The Kier molecular flexibility index (Phi) is 6.44. The number of fused-ring (bicyclic) bond motifs is 1. The molecule has 0 fully saturated rings. The summed E-state index contributed by atoms with van der Waals surface area (Å²) >= 11 is 0. The molecule has 2 aromatic rings. The molecule has 0 saturated carbocycles. The number of hydrogen-bond donors (Lipinski definition) is 1. The maximum atomic E-state index is 13.3. The molecule has 0 aliphatic heterocycles. The molecule has 28 heavy (non-hydrogen) atoms. The summed E-state index contributed by atoms with van der Waals surface area (Å²) in [5, 5.41) is 14.5. The van der Waals surface area contributed by atoms with Crippen molar-refractivity contribution in [3.8, 4) is 0 Å². The fraction of sp³-hybridized carbons (Fsp3) is 0.600. The first kappa shape index (κ1) is 21.8. The van der Waals surface area contributed by atoms with Crippen molar-refractivity contribution >= 4 is 22.9 Å². The van der Waals surface area contributed by atoms with Crippen LogP contribution in [0.1, 0.15) is 62.3 Å². The van der Waals surface area contributed by atoms with Crippen LogP contribution in [0.4, 0.5) is 0 Å². The van der Waals surface area contributed by atoms with E-state index >= 15 is 0 Å². The molecule has 154 valence electrons. The van der Waals surface area contributed by atoms with Crippen molar-refractivity contribution in [1.82, 2.24) is 19.7 Å². The number of ether oxygens (including phenoxy) is 1. The van der Waals surface area contributed by atoms with Gasteiger partial charge in [-0.1, -0.05) is 13.8 Å². The van der Waals surface area contributed by atoms with Crippen molar-refractivity contribution in [2.75, 3.05) is 26.8 Å². The van der Waals surface area contributed by atoms with Gasteiger partial charge in [0.25, 0.3) is 5.91 Å². The summed E-state index contributed by atoms with van der Waals surface area (Å²) in [6.07, 6.45) is 0. The largest absolute Gasteiger partial charge is 0.480 e. The van der Waals surface area contributed by atoms with E-state index in [1.165, 1.54) is 12.0 Å². The lowest BCUT2D eigenvalue weighted by Crippen LogP contribution is -2.38. The third kappa shape index (κ3) is 4.49. The van der Waals surface area contributed by atoms with Crippen molar-refractivity contribution in [1.29, 1.82) is 0 Å². The molecule has 2 heterocycles. The Balaban J connectivity index is 2.71. The van der Waals surface area contributed by atoms with Crippen LogP contribution in [0.15, 0.2) is 6.07 Å². The maximum Gasteiger partial charge on any atom is 0.323 e. The molecular weight excluding hydrogens is 360 g/mol. The zero-order chi connectivity index (χ0) is 21.2. The summed E-state index contributed by atoms with van der Waals surface area (Å²) in [5.41, 5.74) is 2.22. The van der Waals surface area contributed by atoms with Gasteiger partial charge >= 0.3 is 5.97 Å². The standard InChI is InChI=1S/C20H30N4O4/c1-12(2)15-10-14(19(27)23(8-9-28-7)11-16(25)26)17-13(3)22-24(18(17)21-15)20(4,5)6/h10,12H,8-9,11H2,1-7H3,(H,25,26). The maximum absolute atomic E-state index is 13.3. The summed E-state index contributed by atoms with van der Waals surface area (Å²) in [7, 11) is 1.52. The second-order valence-electron chi connectivity index (χ2n) is 8.23. The molecule has 1 N–H and O–H groups in total. The molecule has 0 aromatic carbocycles. The summed E-state index contributed by atoms with van der Waals surface area (Å²) in [6.45, 7) is 12.0. The predicted molar refractivity (Wildman–Crippen MR) is 107 cm³/mol. The van der Waals surface area contributed by atoms with Crippen molar-refractivity contribution in [2.45, 2.75) is 53.0 Å². The topological polar surface area (TPSA) is 97.6 Å². The number of pyridine rings is 1. The van der Waals surface area contributed by atoms with Crippen LogP contribution in [0.25, 0.3) is 11.0 Å². The Hall–Kier alpha value is -2.48. The Morgan fingerprint density at radius 2 is 1.96 bits per heavy atom. The molecular formula is C20H30N4O4. The highest BCUT2D eigenvalue weighted by Gasteiger charge is 2.27. The number of rotatable bonds is 7. The van der Waals surface area contributed by atoms with Crippen molar-refractivity contribution in [2.24, 2.45) is 0 Å². The van der Waals surface area contributed by atoms with Gasteiger partial charge in [-0.05, 0) is 39.7 Å². The van der Waals surface area contributed by atoms with Gasteiger partial charge in [-0.2, -0.15) is 5.10 Å². The molecule has 0 radical (unpaired) electrons. The van der Waals surface area contributed by atoms with Gasteiger partial charge in [0.05, 0.1) is 28.8 Å². The van der Waals surface area contributed by atoms with E-state index in [1.807, 2.05) is 46.2 Å². The number of aryl methyl sites for hydroxylation is 1. The van der Waals surface area contributed by atoms with Crippen LogP contribution < -0.4 is 0 Å². The third-order valence-corrected chi connectivity index (χ3v) is 4.47. The number of carboxylic acids is 1. The lowest BCUT2D eigenvalue weighted by molar-refractivity contribution is -0.137. The molecule has 1 amide bonds. The number of nitrogens with zero attached hydrogens (tertiary/aromatic N) is 4. The van der Waals surface area contributed by atoms with Crippen LogP contribution in [0.5, 0.6) is 0 Å². The van der Waals surface area contributed by atoms with Crippen LogP contribution in [0.2, 0.25) is 0 Å². The number of carbonyl (C=O) groups excluding carboxylic acids is 1. The monoisotopic (exact) mass is 390 g/mol. The fourth-order valence-electron chi connectivity index (χ4n) is 3.03. The summed E-state index contributed by atoms with van der Waals surface area (Å²) in [6, 6.07) is 1.76. The SMILES string of the molecule is COCCN(CC(=O)O)C(=O)c1cc(C(C)C)nc2c1c(C)nn2C(C)(C)C. The molecule has 0 aliphatic rings. The molecule has 8 nitrogen and oxygen atoms in total. The van der Waals surface area contributed by atoms with Crippen LogP contribution in [0, 0.1) is 6.92 Å². The number of hydrogen-bond acceptors (Lipinski definition) is 5. The van der Waals surface area contributed by atoms with Gasteiger partial charge < -0.3 is 14.7 Å². The average Bonchev–Trinajstić information content (AvgIpc) is 2.94. The minimum absolute atomic E-state index is 0.103.